The van der Waals surface area contributed by atoms with Crippen LogP contribution >= 0.6 is 12.6 Å². The molecule has 4 rings (SSSR count). The second-order valence-electron chi connectivity index (χ2n) is 13.5. The van der Waals surface area contributed by atoms with Crippen LogP contribution in [0.25, 0.3) is 0 Å². The van der Waals surface area contributed by atoms with Gasteiger partial charge in [-0.3, -0.25) is 14.4 Å². The second kappa shape index (κ2) is 18.5. The van der Waals surface area contributed by atoms with Gasteiger partial charge in [0.2, 0.25) is 5.91 Å². The minimum Gasteiger partial charge on any atom is -0.489 e. The summed E-state index contributed by atoms with van der Waals surface area (Å²) in [6.07, 6.45) is 11.9. The summed E-state index contributed by atoms with van der Waals surface area (Å²) in [5, 5.41) is 23.1. The number of aliphatic carboxylic acids is 1. The molecule has 0 saturated heterocycles. The molecule has 0 aromatic heterocycles. The average molecular weight is 668 g/mol. The van der Waals surface area contributed by atoms with Gasteiger partial charge in [-0.05, 0) is 62.7 Å². The minimum atomic E-state index is -0.819. The first kappa shape index (κ1) is 36.9. The van der Waals surface area contributed by atoms with Crippen LogP contribution in [-0.2, 0) is 25.5 Å². The summed E-state index contributed by atoms with van der Waals surface area (Å²) in [4.78, 5) is 38.2. The van der Waals surface area contributed by atoms with Crippen LogP contribution in [0.2, 0.25) is 0 Å². The number of rotatable bonds is 17. The van der Waals surface area contributed by atoms with E-state index in [0.29, 0.717) is 45.1 Å². The van der Waals surface area contributed by atoms with Gasteiger partial charge >= 0.3 is 11.9 Å². The molecule has 2 fully saturated rings. The lowest BCUT2D eigenvalue weighted by atomic mass is 9.78. The molecular formula is C38H53NO7S. The first-order chi connectivity index (χ1) is 22.7. The largest absolute Gasteiger partial charge is 0.489 e. The van der Waals surface area contributed by atoms with Gasteiger partial charge in [0, 0.05) is 43.2 Å². The van der Waals surface area contributed by atoms with Crippen LogP contribution in [0.5, 0.6) is 5.75 Å². The van der Waals surface area contributed by atoms with Crippen LogP contribution in [0.4, 0.5) is 0 Å². The summed E-state index contributed by atoms with van der Waals surface area (Å²) in [5.74, 6) is 5.17. The summed E-state index contributed by atoms with van der Waals surface area (Å²) >= 11 is 4.26. The minimum absolute atomic E-state index is 0.0550. The number of hydrogen-bond acceptors (Lipinski definition) is 7. The predicted octanol–water partition coefficient (Wildman–Crippen LogP) is 6.25. The van der Waals surface area contributed by atoms with Crippen molar-refractivity contribution in [3.63, 3.8) is 0 Å². The highest BCUT2D eigenvalue weighted by Crippen LogP contribution is 2.53. The summed E-state index contributed by atoms with van der Waals surface area (Å²) in [7, 11) is 0. The molecule has 258 valence electrons. The van der Waals surface area contributed by atoms with E-state index >= 15 is 0 Å². The quantitative estimate of drug-likeness (QED) is 0.0510. The lowest BCUT2D eigenvalue weighted by Crippen LogP contribution is -2.41. The summed E-state index contributed by atoms with van der Waals surface area (Å²) in [6, 6.07) is 6.01. The Hall–Kier alpha value is -2.96. The van der Waals surface area contributed by atoms with E-state index in [9.17, 15) is 19.5 Å². The lowest BCUT2D eigenvalue weighted by molar-refractivity contribution is -0.161. The van der Waals surface area contributed by atoms with Gasteiger partial charge in [-0.2, -0.15) is 12.6 Å². The number of esters is 1. The van der Waals surface area contributed by atoms with Gasteiger partial charge in [-0.25, -0.2) is 0 Å². The van der Waals surface area contributed by atoms with E-state index in [0.717, 1.165) is 61.2 Å². The van der Waals surface area contributed by atoms with Gasteiger partial charge in [0.25, 0.3) is 0 Å². The number of aliphatic hydroxyl groups is 1. The Balaban J connectivity index is 1.50. The summed E-state index contributed by atoms with van der Waals surface area (Å²) in [6.45, 7) is 4.36. The number of fused-ring (bicyclic) bond motifs is 3. The number of thiol groups is 1. The zero-order chi connectivity index (χ0) is 33.8. The van der Waals surface area contributed by atoms with Gasteiger partial charge in [0.15, 0.2) is 0 Å². The molecule has 1 aromatic rings. The number of unbranched alkanes of at least 4 members (excludes halogenated alkanes) is 3. The highest BCUT2D eigenvalue weighted by molar-refractivity contribution is 7.80. The Morgan fingerprint density at radius 3 is 2.64 bits per heavy atom. The Morgan fingerprint density at radius 2 is 1.89 bits per heavy atom. The van der Waals surface area contributed by atoms with Gasteiger partial charge < -0.3 is 25.0 Å². The number of carbonyl (C=O) groups excluding carboxylic acids is 2. The molecular weight excluding hydrogens is 614 g/mol. The van der Waals surface area contributed by atoms with E-state index in [2.05, 4.69) is 29.8 Å². The molecule has 3 N–H and O–H groups in total. The second-order valence-corrected chi connectivity index (χ2v) is 13.9. The Kier molecular flexibility index (Phi) is 14.5. The molecule has 0 radical (unpaired) electrons. The molecule has 0 spiro atoms. The molecule has 1 aliphatic heterocycles. The van der Waals surface area contributed by atoms with Crippen LogP contribution in [0.3, 0.4) is 0 Å². The monoisotopic (exact) mass is 667 g/mol. The number of carboxylic acids is 1. The van der Waals surface area contributed by atoms with Crippen LogP contribution in [0.15, 0.2) is 30.4 Å². The zero-order valence-corrected chi connectivity index (χ0v) is 28.9. The van der Waals surface area contributed by atoms with Crippen molar-refractivity contribution in [2.45, 2.75) is 122 Å². The fraction of sp³-hybridized carbons (Fsp3) is 0.658. The Morgan fingerprint density at radius 1 is 1.13 bits per heavy atom. The molecule has 1 aromatic carbocycles. The van der Waals surface area contributed by atoms with Gasteiger partial charge in [0.1, 0.15) is 18.0 Å². The maximum absolute atomic E-state index is 13.8. The smallest absolute Gasteiger partial charge is 0.310 e. The molecule has 9 heteroatoms. The number of hydrogen-bond donors (Lipinski definition) is 4. The molecule has 1 amide bonds. The first-order valence-corrected chi connectivity index (χ1v) is 18.2. The lowest BCUT2D eigenvalue weighted by Gasteiger charge is -2.31. The molecule has 4 unspecified atom stereocenters. The van der Waals surface area contributed by atoms with E-state index in [1.165, 1.54) is 0 Å². The van der Waals surface area contributed by atoms with Crippen molar-refractivity contribution in [2.75, 3.05) is 12.3 Å². The first-order valence-electron chi connectivity index (χ1n) is 17.6. The molecule has 8 atom stereocenters. The predicted molar refractivity (Wildman–Crippen MR) is 185 cm³/mol. The molecule has 8 nitrogen and oxygen atoms in total. The zero-order valence-electron chi connectivity index (χ0n) is 28.0. The van der Waals surface area contributed by atoms with Crippen molar-refractivity contribution < 1.29 is 34.1 Å². The number of aryl methyl sites for hydroxylation is 1. The fourth-order valence-electron chi connectivity index (χ4n) is 7.41. The van der Waals surface area contributed by atoms with Gasteiger partial charge in [-0.1, -0.05) is 63.0 Å². The Labute approximate surface area is 285 Å². The summed E-state index contributed by atoms with van der Waals surface area (Å²) < 4.78 is 12.8. The van der Waals surface area contributed by atoms with Crippen molar-refractivity contribution in [1.29, 1.82) is 0 Å². The molecule has 2 aliphatic carbocycles. The van der Waals surface area contributed by atoms with E-state index in [1.54, 1.807) is 13.0 Å². The third kappa shape index (κ3) is 10.0. The maximum Gasteiger partial charge on any atom is 0.310 e. The number of aliphatic hydroxyl groups excluding tert-OH is 1. The SMILES string of the molecule is CC#CCC(C)[C@H](O)/C=C/[C@H]1C(OC(=O)C2CCCCC2C(=O)NCCCCCCS)C[C@@H]2Oc3c(CCCC(=O)O)cccc3[C@@H]21. The highest BCUT2D eigenvalue weighted by atomic mass is 32.1. The standard InChI is InChI=1S/C38H53NO7S/c1-3-4-13-25(2)31(40)21-20-29-32(24-33-35(29)30-18-11-14-26(36(30)45-33)15-12-19-34(41)42)46-38(44)28-17-8-7-16-27(28)37(43)39-22-9-5-6-10-23-47/h11,14,18,20-21,25,27-29,31-33,35,40,47H,5-10,12-13,15-17,19,22-24H2,1-2H3,(H,39,43)(H,41,42)/b21-20+/t25?,27?,28?,29-,31+,32?,33-,35-/m0/s1. The van der Waals surface area contributed by atoms with E-state index < -0.39 is 30.0 Å². The number of para-hydroxylation sites is 1. The van der Waals surface area contributed by atoms with Gasteiger partial charge in [0.05, 0.1) is 17.9 Å². The normalized spacial score (nSPS) is 26.0. The van der Waals surface area contributed by atoms with Crippen molar-refractivity contribution in [3.05, 3.63) is 41.5 Å². The molecule has 0 bridgehead atoms. The van der Waals surface area contributed by atoms with Crippen molar-refractivity contribution >= 4 is 30.5 Å². The van der Waals surface area contributed by atoms with Crippen LogP contribution in [-0.4, -0.2) is 58.7 Å². The van der Waals surface area contributed by atoms with Crippen LogP contribution in [0.1, 0.15) is 108 Å². The number of benzene rings is 1. The molecule has 2 saturated carbocycles. The topological polar surface area (TPSA) is 122 Å². The molecule has 47 heavy (non-hydrogen) atoms. The third-order valence-corrected chi connectivity index (χ3v) is 10.4. The number of carbonyl (C=O) groups is 3. The van der Waals surface area contributed by atoms with E-state index in [1.807, 2.05) is 31.2 Å². The van der Waals surface area contributed by atoms with E-state index in [4.69, 9.17) is 14.6 Å². The average Bonchev–Trinajstić information content (AvgIpc) is 3.59. The van der Waals surface area contributed by atoms with Crippen LogP contribution in [0, 0.1) is 35.5 Å². The number of amides is 1. The number of ether oxygens (including phenoxy) is 2. The highest BCUT2D eigenvalue weighted by Gasteiger charge is 2.52. The molecule has 3 aliphatic rings. The third-order valence-electron chi connectivity index (χ3n) is 10.1. The maximum atomic E-state index is 13.8. The number of carboxylic acid groups (broad SMARTS) is 1. The summed E-state index contributed by atoms with van der Waals surface area (Å²) in [5.41, 5.74) is 2.01. The van der Waals surface area contributed by atoms with Gasteiger partial charge in [-0.15, -0.1) is 11.8 Å². The van der Waals surface area contributed by atoms with E-state index in [-0.39, 0.29) is 42.2 Å². The fourth-order valence-corrected chi connectivity index (χ4v) is 7.64. The molecule has 1 heterocycles. The van der Waals surface area contributed by atoms with Crippen molar-refractivity contribution in [3.8, 4) is 17.6 Å². The number of nitrogens with one attached hydrogen (secondary N) is 1. The van der Waals surface area contributed by atoms with Crippen molar-refractivity contribution in [1.82, 2.24) is 5.32 Å². The Bertz CT molecular complexity index is 1300. The van der Waals surface area contributed by atoms with Crippen LogP contribution < -0.4 is 10.1 Å². The van der Waals surface area contributed by atoms with Crippen molar-refractivity contribution in [2.24, 2.45) is 23.7 Å².